The fraction of sp³-hybridized carbons (Fsp3) is 0.143. The molecule has 0 unspecified atom stereocenters. The van der Waals surface area contributed by atoms with Crippen LogP contribution in [0.5, 0.6) is 0 Å². The van der Waals surface area contributed by atoms with Crippen molar-refractivity contribution in [1.29, 1.82) is 0 Å². The standard InChI is InChI=1S/C21H17N3O4S/c1-13-10-22-20(28-13)16-6-3-7-17(9-16)23-19(26)15-5-2-4-14(8-15)11-24-18(25)12-29-21(24)27/h2-10H,11-12H2,1H3,(H,23,26). The molecule has 3 amide bonds. The van der Waals surface area contributed by atoms with Gasteiger partial charge in [0.2, 0.25) is 11.8 Å². The zero-order chi connectivity index (χ0) is 20.4. The van der Waals surface area contributed by atoms with Gasteiger partial charge in [-0.05, 0) is 42.8 Å². The molecule has 7 nitrogen and oxygen atoms in total. The molecule has 8 heteroatoms. The van der Waals surface area contributed by atoms with Gasteiger partial charge in [-0.3, -0.25) is 19.3 Å². The van der Waals surface area contributed by atoms with E-state index in [4.69, 9.17) is 4.42 Å². The van der Waals surface area contributed by atoms with Crippen LogP contribution in [0.15, 0.2) is 59.1 Å². The minimum atomic E-state index is -0.291. The zero-order valence-corrected chi connectivity index (χ0v) is 16.4. The number of oxazole rings is 1. The quantitative estimate of drug-likeness (QED) is 0.685. The van der Waals surface area contributed by atoms with Crippen LogP contribution in [-0.4, -0.2) is 32.7 Å². The Morgan fingerprint density at radius 2 is 2.03 bits per heavy atom. The number of rotatable bonds is 5. The summed E-state index contributed by atoms with van der Waals surface area (Å²) in [5, 5.41) is 2.59. The van der Waals surface area contributed by atoms with Gasteiger partial charge in [-0.25, -0.2) is 4.98 Å². The monoisotopic (exact) mass is 407 g/mol. The molecule has 1 fully saturated rings. The van der Waals surface area contributed by atoms with Gasteiger partial charge in [0.25, 0.3) is 11.1 Å². The van der Waals surface area contributed by atoms with Crippen molar-refractivity contribution in [2.45, 2.75) is 13.5 Å². The first-order valence-corrected chi connectivity index (χ1v) is 9.88. The Hall–Kier alpha value is -3.39. The lowest BCUT2D eigenvalue weighted by molar-refractivity contribution is -0.125. The first-order valence-electron chi connectivity index (χ1n) is 8.90. The molecule has 1 saturated heterocycles. The third-order valence-corrected chi connectivity index (χ3v) is 5.22. The third-order valence-electron chi connectivity index (χ3n) is 4.36. The van der Waals surface area contributed by atoms with E-state index < -0.39 is 0 Å². The molecule has 4 rings (SSSR count). The van der Waals surface area contributed by atoms with E-state index in [-0.39, 0.29) is 29.4 Å². The van der Waals surface area contributed by atoms with E-state index in [1.165, 1.54) is 4.90 Å². The van der Waals surface area contributed by atoms with E-state index in [1.54, 1.807) is 42.6 Å². The molecular formula is C21H17N3O4S. The SMILES string of the molecule is Cc1cnc(-c2cccc(NC(=O)c3cccc(CN4C(=O)CSC4=O)c3)c2)o1. The molecule has 0 atom stereocenters. The predicted molar refractivity (Wildman–Crippen MR) is 109 cm³/mol. The van der Waals surface area contributed by atoms with Gasteiger partial charge in [0.05, 0.1) is 18.5 Å². The highest BCUT2D eigenvalue weighted by atomic mass is 32.2. The second-order valence-electron chi connectivity index (χ2n) is 6.55. The van der Waals surface area contributed by atoms with Gasteiger partial charge in [-0.15, -0.1) is 0 Å². The van der Waals surface area contributed by atoms with Crippen molar-refractivity contribution >= 4 is 34.5 Å². The van der Waals surface area contributed by atoms with Gasteiger partial charge in [0.15, 0.2) is 0 Å². The van der Waals surface area contributed by atoms with Crippen molar-refractivity contribution in [3.8, 4) is 11.5 Å². The van der Waals surface area contributed by atoms with E-state index >= 15 is 0 Å². The number of thioether (sulfide) groups is 1. The van der Waals surface area contributed by atoms with Crippen LogP contribution in [0.2, 0.25) is 0 Å². The maximum Gasteiger partial charge on any atom is 0.289 e. The average molecular weight is 407 g/mol. The molecule has 29 heavy (non-hydrogen) atoms. The second kappa shape index (κ2) is 7.92. The smallest absolute Gasteiger partial charge is 0.289 e. The summed E-state index contributed by atoms with van der Waals surface area (Å²) >= 11 is 0.991. The number of aryl methyl sites for hydroxylation is 1. The zero-order valence-electron chi connectivity index (χ0n) is 15.5. The van der Waals surface area contributed by atoms with Crippen LogP contribution in [0, 0.1) is 6.92 Å². The minimum absolute atomic E-state index is 0.158. The van der Waals surface area contributed by atoms with Crippen molar-refractivity contribution in [2.24, 2.45) is 0 Å². The molecule has 1 N–H and O–H groups in total. The summed E-state index contributed by atoms with van der Waals surface area (Å²) < 4.78 is 5.53. The molecule has 2 heterocycles. The molecule has 3 aromatic rings. The van der Waals surface area contributed by atoms with Crippen molar-refractivity contribution in [2.75, 3.05) is 11.1 Å². The number of nitrogens with one attached hydrogen (secondary N) is 1. The highest BCUT2D eigenvalue weighted by molar-refractivity contribution is 8.14. The predicted octanol–water partition coefficient (Wildman–Crippen LogP) is 4.10. The molecule has 0 spiro atoms. The maximum absolute atomic E-state index is 12.7. The van der Waals surface area contributed by atoms with Crippen LogP contribution < -0.4 is 5.32 Å². The molecule has 1 aliphatic heterocycles. The fourth-order valence-electron chi connectivity index (χ4n) is 2.95. The lowest BCUT2D eigenvalue weighted by Gasteiger charge is -2.13. The summed E-state index contributed by atoms with van der Waals surface area (Å²) in [7, 11) is 0. The molecule has 1 aliphatic rings. The van der Waals surface area contributed by atoms with Crippen LogP contribution in [0.4, 0.5) is 10.5 Å². The molecule has 0 bridgehead atoms. The number of imide groups is 1. The number of amides is 3. The summed E-state index contributed by atoms with van der Waals surface area (Å²) in [6, 6.07) is 14.1. The lowest BCUT2D eigenvalue weighted by Crippen LogP contribution is -2.28. The van der Waals surface area contributed by atoms with Gasteiger partial charge in [-0.1, -0.05) is 30.0 Å². The van der Waals surface area contributed by atoms with E-state index in [0.717, 1.165) is 17.3 Å². The number of nitrogens with zero attached hydrogens (tertiary/aromatic N) is 2. The number of carbonyl (C=O) groups excluding carboxylic acids is 3. The summed E-state index contributed by atoms with van der Waals surface area (Å²) in [5.41, 5.74) is 2.51. The number of anilines is 1. The number of benzene rings is 2. The average Bonchev–Trinajstić information content (AvgIpc) is 3.29. The highest BCUT2D eigenvalue weighted by Crippen LogP contribution is 2.24. The van der Waals surface area contributed by atoms with Gasteiger partial charge < -0.3 is 9.73 Å². The maximum atomic E-state index is 12.7. The van der Waals surface area contributed by atoms with Crippen molar-refractivity contribution < 1.29 is 18.8 Å². The summed E-state index contributed by atoms with van der Waals surface area (Å²) in [6.45, 7) is 1.97. The van der Waals surface area contributed by atoms with Gasteiger partial charge in [0.1, 0.15) is 5.76 Å². The number of carbonyl (C=O) groups is 3. The Morgan fingerprint density at radius 3 is 2.76 bits per heavy atom. The number of hydrogen-bond acceptors (Lipinski definition) is 6. The van der Waals surface area contributed by atoms with E-state index in [2.05, 4.69) is 10.3 Å². The van der Waals surface area contributed by atoms with Gasteiger partial charge >= 0.3 is 0 Å². The Labute approximate surface area is 171 Å². The Bertz CT molecular complexity index is 1090. The summed E-state index contributed by atoms with van der Waals surface area (Å²) in [5.74, 6) is 0.854. The molecular weight excluding hydrogens is 390 g/mol. The molecule has 146 valence electrons. The van der Waals surface area contributed by atoms with E-state index in [1.807, 2.05) is 19.1 Å². The van der Waals surface area contributed by atoms with Crippen LogP contribution in [0.3, 0.4) is 0 Å². The van der Waals surface area contributed by atoms with E-state index in [9.17, 15) is 14.4 Å². The van der Waals surface area contributed by atoms with Crippen LogP contribution in [0.25, 0.3) is 11.5 Å². The van der Waals surface area contributed by atoms with Crippen molar-refractivity contribution in [3.63, 3.8) is 0 Å². The third kappa shape index (κ3) is 4.22. The topological polar surface area (TPSA) is 92.5 Å². The first kappa shape index (κ1) is 18.9. The summed E-state index contributed by atoms with van der Waals surface area (Å²) in [6.07, 6.45) is 1.64. The number of hydrogen-bond donors (Lipinski definition) is 1. The molecule has 0 aliphatic carbocycles. The second-order valence-corrected chi connectivity index (χ2v) is 7.47. The van der Waals surface area contributed by atoms with Crippen molar-refractivity contribution in [1.82, 2.24) is 9.88 Å². The van der Waals surface area contributed by atoms with Gasteiger partial charge in [-0.2, -0.15) is 0 Å². The molecule has 0 saturated carbocycles. The molecule has 2 aromatic carbocycles. The Kier molecular flexibility index (Phi) is 5.18. The van der Waals surface area contributed by atoms with Crippen LogP contribution >= 0.6 is 11.8 Å². The minimum Gasteiger partial charge on any atom is -0.441 e. The first-order chi connectivity index (χ1) is 14.0. The normalized spacial score (nSPS) is 13.8. The van der Waals surface area contributed by atoms with Gasteiger partial charge in [0, 0.05) is 16.8 Å². The van der Waals surface area contributed by atoms with Crippen LogP contribution in [-0.2, 0) is 11.3 Å². The number of aromatic nitrogens is 1. The molecule has 1 aromatic heterocycles. The lowest BCUT2D eigenvalue weighted by atomic mass is 10.1. The largest absolute Gasteiger partial charge is 0.441 e. The van der Waals surface area contributed by atoms with E-state index in [0.29, 0.717) is 28.5 Å². The fourth-order valence-corrected chi connectivity index (χ4v) is 3.67. The summed E-state index contributed by atoms with van der Waals surface area (Å²) in [4.78, 5) is 41.6. The van der Waals surface area contributed by atoms with Crippen molar-refractivity contribution in [3.05, 3.63) is 71.6 Å². The highest BCUT2D eigenvalue weighted by Gasteiger charge is 2.29. The molecule has 0 radical (unpaired) electrons. The van der Waals surface area contributed by atoms with Crippen LogP contribution in [0.1, 0.15) is 21.7 Å². The Morgan fingerprint density at radius 1 is 1.21 bits per heavy atom. The Balaban J connectivity index is 1.49.